The van der Waals surface area contributed by atoms with Gasteiger partial charge in [-0.1, -0.05) is 12.1 Å². The van der Waals surface area contributed by atoms with E-state index < -0.39 is 0 Å². The van der Waals surface area contributed by atoms with Gasteiger partial charge in [-0.25, -0.2) is 4.98 Å². The van der Waals surface area contributed by atoms with Crippen molar-refractivity contribution in [3.8, 4) is 22.1 Å². The smallest absolute Gasteiger partial charge is 0.161 e. The molecule has 0 radical (unpaired) electrons. The summed E-state index contributed by atoms with van der Waals surface area (Å²) in [5.74, 6) is 1.48. The van der Waals surface area contributed by atoms with Crippen LogP contribution in [0, 0.1) is 13.8 Å². The standard InChI is InChI=1S/C24H29N3O2S/c1-17-6-5-7-21(18(17)2)27-12-10-26(11-13-27)15-20-16-30-24(25-20)19-8-9-22(28-3)23(14-19)29-4/h5-9,14,16H,10-13,15H2,1-4H3/p+1. The van der Waals surface area contributed by atoms with E-state index in [9.17, 15) is 0 Å². The fourth-order valence-electron chi connectivity index (χ4n) is 4.06. The Balaban J connectivity index is 1.39. The molecule has 0 saturated carbocycles. The Morgan fingerprint density at radius 2 is 1.80 bits per heavy atom. The Labute approximate surface area is 182 Å². The number of benzene rings is 2. The summed E-state index contributed by atoms with van der Waals surface area (Å²) in [6.07, 6.45) is 0. The van der Waals surface area contributed by atoms with Crippen LogP contribution in [0.4, 0.5) is 5.69 Å². The number of methoxy groups -OCH3 is 2. The predicted octanol–water partition coefficient (Wildman–Crippen LogP) is 3.35. The van der Waals surface area contributed by atoms with E-state index in [1.165, 1.54) is 22.5 Å². The van der Waals surface area contributed by atoms with E-state index in [1.807, 2.05) is 18.2 Å². The average molecular weight is 425 g/mol. The number of nitrogens with zero attached hydrogens (tertiary/aromatic N) is 2. The number of anilines is 1. The predicted molar refractivity (Wildman–Crippen MR) is 123 cm³/mol. The van der Waals surface area contributed by atoms with E-state index in [-0.39, 0.29) is 0 Å². The summed E-state index contributed by atoms with van der Waals surface area (Å²) >= 11 is 1.69. The van der Waals surface area contributed by atoms with Crippen LogP contribution in [0.5, 0.6) is 11.5 Å². The topological polar surface area (TPSA) is 39.0 Å². The van der Waals surface area contributed by atoms with Crippen LogP contribution in [0.15, 0.2) is 41.8 Å². The van der Waals surface area contributed by atoms with Crippen molar-refractivity contribution in [1.29, 1.82) is 0 Å². The van der Waals surface area contributed by atoms with Crippen LogP contribution < -0.4 is 19.3 Å². The van der Waals surface area contributed by atoms with Gasteiger partial charge < -0.3 is 19.3 Å². The second-order valence-electron chi connectivity index (χ2n) is 7.85. The minimum atomic E-state index is 0.736. The monoisotopic (exact) mass is 424 g/mol. The van der Waals surface area contributed by atoms with Crippen molar-refractivity contribution in [3.05, 3.63) is 58.6 Å². The number of hydrogen-bond donors (Lipinski definition) is 1. The Bertz CT molecular complexity index is 1010. The molecule has 0 atom stereocenters. The molecule has 1 saturated heterocycles. The molecule has 1 aromatic heterocycles. The molecule has 3 aromatic rings. The van der Waals surface area contributed by atoms with Crippen molar-refractivity contribution in [2.24, 2.45) is 0 Å². The number of nitrogens with one attached hydrogen (secondary N) is 1. The summed E-state index contributed by atoms with van der Waals surface area (Å²) in [5, 5.41) is 3.22. The van der Waals surface area contributed by atoms with Gasteiger partial charge in [0.05, 0.1) is 40.4 Å². The molecule has 4 rings (SSSR count). The third-order valence-electron chi connectivity index (χ3n) is 6.00. The molecule has 0 unspecified atom stereocenters. The lowest BCUT2D eigenvalue weighted by Crippen LogP contribution is -3.13. The van der Waals surface area contributed by atoms with Crippen molar-refractivity contribution in [2.45, 2.75) is 20.4 Å². The van der Waals surface area contributed by atoms with E-state index in [1.54, 1.807) is 30.5 Å². The van der Waals surface area contributed by atoms with Crippen LogP contribution in [0.1, 0.15) is 16.8 Å². The fraction of sp³-hybridized carbons (Fsp3) is 0.375. The van der Waals surface area contributed by atoms with Gasteiger partial charge in [0, 0.05) is 16.6 Å². The number of aryl methyl sites for hydroxylation is 1. The normalized spacial score (nSPS) is 14.7. The Kier molecular flexibility index (Phi) is 6.25. The van der Waals surface area contributed by atoms with Crippen LogP contribution >= 0.6 is 11.3 Å². The Morgan fingerprint density at radius 3 is 2.53 bits per heavy atom. The lowest BCUT2D eigenvalue weighted by Gasteiger charge is -2.34. The van der Waals surface area contributed by atoms with E-state index in [2.05, 4.69) is 42.3 Å². The molecule has 6 heteroatoms. The van der Waals surface area contributed by atoms with Crippen molar-refractivity contribution < 1.29 is 14.4 Å². The molecule has 0 bridgehead atoms. The van der Waals surface area contributed by atoms with Gasteiger partial charge in [-0.3, -0.25) is 0 Å². The summed E-state index contributed by atoms with van der Waals surface area (Å²) in [4.78, 5) is 9.02. The van der Waals surface area contributed by atoms with Gasteiger partial charge >= 0.3 is 0 Å². The first-order valence-electron chi connectivity index (χ1n) is 10.4. The molecule has 1 aliphatic rings. The third kappa shape index (κ3) is 4.30. The van der Waals surface area contributed by atoms with Gasteiger partial charge in [-0.2, -0.15) is 0 Å². The summed E-state index contributed by atoms with van der Waals surface area (Å²) in [7, 11) is 3.32. The van der Waals surface area contributed by atoms with E-state index in [0.29, 0.717) is 0 Å². The highest BCUT2D eigenvalue weighted by Gasteiger charge is 2.22. The van der Waals surface area contributed by atoms with Crippen LogP contribution in [0.2, 0.25) is 0 Å². The molecule has 158 valence electrons. The molecule has 0 spiro atoms. The summed E-state index contributed by atoms with van der Waals surface area (Å²) in [6, 6.07) is 12.6. The van der Waals surface area contributed by atoms with Crippen LogP contribution in [-0.4, -0.2) is 45.4 Å². The van der Waals surface area contributed by atoms with Crippen LogP contribution in [0.3, 0.4) is 0 Å². The van der Waals surface area contributed by atoms with Crippen molar-refractivity contribution in [1.82, 2.24) is 4.98 Å². The molecule has 1 N–H and O–H groups in total. The number of hydrogen-bond acceptors (Lipinski definition) is 5. The molecule has 30 heavy (non-hydrogen) atoms. The van der Waals surface area contributed by atoms with E-state index in [0.717, 1.165) is 54.8 Å². The zero-order chi connectivity index (χ0) is 21.1. The minimum absolute atomic E-state index is 0.736. The largest absolute Gasteiger partial charge is 0.493 e. The van der Waals surface area contributed by atoms with Crippen molar-refractivity contribution in [3.63, 3.8) is 0 Å². The zero-order valence-corrected chi connectivity index (χ0v) is 19.0. The SMILES string of the molecule is COc1ccc(-c2nc(C[NH+]3CCN(c4cccc(C)c4C)CC3)cs2)cc1OC. The molecule has 0 aliphatic carbocycles. The molecule has 2 aromatic carbocycles. The molecular weight excluding hydrogens is 394 g/mol. The van der Waals surface area contributed by atoms with Gasteiger partial charge in [0.1, 0.15) is 17.2 Å². The van der Waals surface area contributed by atoms with Crippen LogP contribution in [-0.2, 0) is 6.54 Å². The molecule has 1 fully saturated rings. The average Bonchev–Trinajstić information content (AvgIpc) is 3.24. The number of thiazole rings is 1. The zero-order valence-electron chi connectivity index (χ0n) is 18.2. The van der Waals surface area contributed by atoms with E-state index in [4.69, 9.17) is 14.5 Å². The molecule has 2 heterocycles. The van der Waals surface area contributed by atoms with E-state index >= 15 is 0 Å². The maximum Gasteiger partial charge on any atom is 0.161 e. The van der Waals surface area contributed by atoms with Gasteiger partial charge in [0.2, 0.25) is 0 Å². The Morgan fingerprint density at radius 1 is 1.03 bits per heavy atom. The highest BCUT2D eigenvalue weighted by Crippen LogP contribution is 2.33. The summed E-state index contributed by atoms with van der Waals surface area (Å²) < 4.78 is 10.8. The van der Waals surface area contributed by atoms with Crippen molar-refractivity contribution >= 4 is 17.0 Å². The minimum Gasteiger partial charge on any atom is -0.493 e. The molecule has 5 nitrogen and oxygen atoms in total. The van der Waals surface area contributed by atoms with Gasteiger partial charge in [0.15, 0.2) is 11.5 Å². The van der Waals surface area contributed by atoms with Crippen molar-refractivity contribution in [2.75, 3.05) is 45.3 Å². The number of piperazine rings is 1. The second kappa shape index (κ2) is 9.06. The fourth-order valence-corrected chi connectivity index (χ4v) is 4.88. The number of ether oxygens (including phenoxy) is 2. The first-order valence-corrected chi connectivity index (χ1v) is 11.3. The summed E-state index contributed by atoms with van der Waals surface area (Å²) in [6.45, 7) is 9.85. The molecular formula is C24H30N3O2S+. The van der Waals surface area contributed by atoms with Crippen LogP contribution in [0.25, 0.3) is 10.6 Å². The first-order chi connectivity index (χ1) is 14.6. The van der Waals surface area contributed by atoms with Gasteiger partial charge in [0.25, 0.3) is 0 Å². The number of quaternary nitrogens is 1. The molecule has 0 amide bonds. The van der Waals surface area contributed by atoms with Gasteiger partial charge in [-0.05, 0) is 49.2 Å². The number of rotatable bonds is 6. The van der Waals surface area contributed by atoms with Gasteiger partial charge in [-0.15, -0.1) is 11.3 Å². The number of aromatic nitrogens is 1. The Hall–Kier alpha value is -2.57. The maximum atomic E-state index is 5.43. The lowest BCUT2D eigenvalue weighted by molar-refractivity contribution is -0.914. The highest BCUT2D eigenvalue weighted by atomic mass is 32.1. The first kappa shape index (κ1) is 20.7. The molecule has 1 aliphatic heterocycles. The second-order valence-corrected chi connectivity index (χ2v) is 8.70. The lowest BCUT2D eigenvalue weighted by atomic mass is 10.1. The maximum absolute atomic E-state index is 5.43. The summed E-state index contributed by atoms with van der Waals surface area (Å²) in [5.41, 5.74) is 6.39. The highest BCUT2D eigenvalue weighted by molar-refractivity contribution is 7.13. The third-order valence-corrected chi connectivity index (χ3v) is 6.94. The quantitative estimate of drug-likeness (QED) is 0.659.